The minimum atomic E-state index is -4.94. The van der Waals surface area contributed by atoms with Crippen molar-refractivity contribution in [1.82, 2.24) is 0 Å². The molecule has 208 valence electrons. The Morgan fingerprint density at radius 1 is 0.561 bits per heavy atom. The predicted molar refractivity (Wildman–Crippen MR) is 145 cm³/mol. The highest BCUT2D eigenvalue weighted by atomic mass is 35.7. The zero-order valence-electron chi connectivity index (χ0n) is 22.7. The van der Waals surface area contributed by atoms with Crippen molar-refractivity contribution >= 4 is 5.97 Å². The summed E-state index contributed by atoms with van der Waals surface area (Å²) < 4.78 is 36.2. The number of carboxylic acid groups (broad SMARTS) is 1. The fourth-order valence-electron chi connectivity index (χ4n) is 4.41. The molecule has 4 aromatic carbocycles. The van der Waals surface area contributed by atoms with Crippen LogP contribution in [-0.4, -0.2) is 11.1 Å². The predicted octanol–water partition coefficient (Wildman–Crippen LogP) is 2.83. The first-order valence-corrected chi connectivity index (χ1v) is 13.9. The number of nitrogens with zero attached hydrogens (tertiary/aromatic N) is 1. The molecule has 0 amide bonds. The Hall–Kier alpha value is -4.37. The average molecular weight is 570 g/mol. The molecule has 0 bridgehead atoms. The summed E-state index contributed by atoms with van der Waals surface area (Å²) in [5.41, 5.74) is 11.3. The summed E-state index contributed by atoms with van der Waals surface area (Å²) in [5.74, 6) is -0.932. The van der Waals surface area contributed by atoms with Gasteiger partial charge in [-0.3, -0.25) is 0 Å². The standard InChI is InChI=1S/C33H27NO2.ClHO4/c1-22-4-10-25(11-5-22)29-20-31(26-12-6-23(2)7-13-26)34(30-18-16-28(17-19-30)33(35)36)32(21-29)27-14-8-24(3)9-15-27;2-1(3,4)5/h4-21H,1-3H3;(H,2,3,4,5). The van der Waals surface area contributed by atoms with Crippen molar-refractivity contribution in [2.45, 2.75) is 20.8 Å². The molecule has 1 aromatic heterocycles. The van der Waals surface area contributed by atoms with Crippen molar-refractivity contribution in [3.63, 3.8) is 0 Å². The molecule has 41 heavy (non-hydrogen) atoms. The smallest absolute Gasteiger partial charge is 0.335 e. The lowest BCUT2D eigenvalue weighted by molar-refractivity contribution is -2.00. The highest BCUT2D eigenvalue weighted by Crippen LogP contribution is 2.31. The van der Waals surface area contributed by atoms with Gasteiger partial charge in [0.2, 0.25) is 17.1 Å². The summed E-state index contributed by atoms with van der Waals surface area (Å²) in [7, 11) is -4.94. The van der Waals surface area contributed by atoms with Crippen LogP contribution >= 0.6 is 0 Å². The highest BCUT2D eigenvalue weighted by molar-refractivity contribution is 5.87. The molecule has 7 nitrogen and oxygen atoms in total. The monoisotopic (exact) mass is 569 g/mol. The Balaban J connectivity index is 0.000000714. The van der Waals surface area contributed by atoms with Crippen LogP contribution in [0.5, 0.6) is 0 Å². The van der Waals surface area contributed by atoms with Crippen LogP contribution in [0.1, 0.15) is 27.0 Å². The molecule has 1 N–H and O–H groups in total. The summed E-state index contributed by atoms with van der Waals surface area (Å²) in [5, 5.41) is 9.44. The van der Waals surface area contributed by atoms with Gasteiger partial charge in [0.05, 0.1) is 5.56 Å². The molecule has 5 aromatic rings. The Kier molecular flexibility index (Phi) is 8.98. The van der Waals surface area contributed by atoms with E-state index in [9.17, 15) is 9.90 Å². The molecule has 0 radical (unpaired) electrons. The van der Waals surface area contributed by atoms with Crippen molar-refractivity contribution in [2.75, 3.05) is 0 Å². The van der Waals surface area contributed by atoms with E-state index in [-0.39, 0.29) is 5.56 Å². The molecular formula is C33H28ClNO6. The van der Waals surface area contributed by atoms with Gasteiger partial charge in [0.25, 0.3) is 0 Å². The van der Waals surface area contributed by atoms with Gasteiger partial charge in [0.15, 0.2) is 0 Å². The molecule has 0 aliphatic heterocycles. The van der Waals surface area contributed by atoms with Crippen LogP contribution in [0.15, 0.2) is 109 Å². The lowest BCUT2D eigenvalue weighted by atomic mass is 9.97. The first-order chi connectivity index (χ1) is 19.4. The van der Waals surface area contributed by atoms with Crippen molar-refractivity contribution in [1.29, 1.82) is 0 Å². The van der Waals surface area contributed by atoms with Crippen LogP contribution < -0.4 is 23.2 Å². The van der Waals surface area contributed by atoms with E-state index in [4.69, 9.17) is 18.6 Å². The summed E-state index contributed by atoms with van der Waals surface area (Å²) in [6.07, 6.45) is 0. The van der Waals surface area contributed by atoms with Crippen LogP contribution in [0.3, 0.4) is 0 Å². The normalized spacial score (nSPS) is 11.0. The molecule has 8 heteroatoms. The fourth-order valence-corrected chi connectivity index (χ4v) is 4.41. The number of hydrogen-bond donors (Lipinski definition) is 1. The average Bonchev–Trinajstić information content (AvgIpc) is 2.93. The van der Waals surface area contributed by atoms with E-state index in [2.05, 4.69) is 110 Å². The number of aromatic nitrogens is 1. The zero-order chi connectivity index (χ0) is 29.7. The van der Waals surface area contributed by atoms with E-state index < -0.39 is 16.2 Å². The third-order valence-electron chi connectivity index (χ3n) is 6.52. The molecule has 0 spiro atoms. The largest absolute Gasteiger partial charge is 0.478 e. The number of hydrogen-bond acceptors (Lipinski definition) is 5. The molecule has 0 aliphatic rings. The van der Waals surface area contributed by atoms with Gasteiger partial charge in [0, 0.05) is 35.4 Å². The fraction of sp³-hybridized carbons (Fsp3) is 0.0909. The lowest BCUT2D eigenvalue weighted by Crippen LogP contribution is -2.68. The van der Waals surface area contributed by atoms with E-state index in [0.29, 0.717) is 0 Å². The maximum absolute atomic E-state index is 11.5. The number of rotatable bonds is 5. The third kappa shape index (κ3) is 7.85. The van der Waals surface area contributed by atoms with Gasteiger partial charge in [-0.1, -0.05) is 65.2 Å². The van der Waals surface area contributed by atoms with E-state index in [1.165, 1.54) is 16.7 Å². The summed E-state index contributed by atoms with van der Waals surface area (Å²) in [6, 6.07) is 37.2. The Labute approximate surface area is 240 Å². The van der Waals surface area contributed by atoms with E-state index >= 15 is 0 Å². The summed E-state index contributed by atoms with van der Waals surface area (Å²) in [4.78, 5) is 11.5. The number of carbonyl (C=O) groups is 1. The minimum absolute atomic E-state index is 0.268. The van der Waals surface area contributed by atoms with Gasteiger partial charge in [-0.25, -0.2) is 23.4 Å². The van der Waals surface area contributed by atoms with Gasteiger partial charge < -0.3 is 5.11 Å². The van der Waals surface area contributed by atoms with E-state index in [1.807, 2.05) is 12.1 Å². The quantitative estimate of drug-likeness (QED) is 0.324. The van der Waals surface area contributed by atoms with Gasteiger partial charge in [0.1, 0.15) is 0 Å². The van der Waals surface area contributed by atoms with Crippen LogP contribution in [0.25, 0.3) is 39.3 Å². The van der Waals surface area contributed by atoms with E-state index in [0.717, 1.165) is 39.3 Å². The number of aryl methyl sites for hydroxylation is 3. The van der Waals surface area contributed by atoms with Crippen LogP contribution in [-0.2, 0) is 0 Å². The second-order valence-electron chi connectivity index (χ2n) is 9.68. The first-order valence-electron chi connectivity index (χ1n) is 12.7. The Bertz CT molecular complexity index is 1570. The minimum Gasteiger partial charge on any atom is -0.478 e. The van der Waals surface area contributed by atoms with Gasteiger partial charge in [-0.15, -0.1) is 10.2 Å². The Morgan fingerprint density at radius 3 is 1.24 bits per heavy atom. The first kappa shape index (κ1) is 29.6. The SMILES string of the molecule is Cc1ccc(-c2cc(-c3ccc(C)cc3)[n+](-c3ccc(C(=O)O)cc3)c(-c3ccc(C)cc3)c2)cc1.[O-][Cl+3]([O-])([O-])[O-]. The summed E-state index contributed by atoms with van der Waals surface area (Å²) in [6.45, 7) is 6.27. The number of halogens is 1. The molecular weight excluding hydrogens is 542 g/mol. The van der Waals surface area contributed by atoms with Crippen molar-refractivity contribution in [3.8, 4) is 39.3 Å². The molecule has 0 saturated heterocycles. The van der Waals surface area contributed by atoms with Crippen LogP contribution in [0, 0.1) is 31.0 Å². The van der Waals surface area contributed by atoms with Crippen molar-refractivity contribution in [2.24, 2.45) is 0 Å². The number of carboxylic acids is 1. The molecule has 0 atom stereocenters. The molecule has 0 saturated carbocycles. The third-order valence-corrected chi connectivity index (χ3v) is 6.52. The van der Waals surface area contributed by atoms with Crippen LogP contribution in [0.2, 0.25) is 0 Å². The highest BCUT2D eigenvalue weighted by Gasteiger charge is 2.25. The number of pyridine rings is 1. The van der Waals surface area contributed by atoms with E-state index in [1.54, 1.807) is 12.1 Å². The van der Waals surface area contributed by atoms with Crippen molar-refractivity contribution in [3.05, 3.63) is 131 Å². The molecule has 0 fully saturated rings. The molecule has 0 unspecified atom stereocenters. The number of benzene rings is 4. The second kappa shape index (κ2) is 12.4. The molecule has 0 aliphatic carbocycles. The van der Waals surface area contributed by atoms with Gasteiger partial charge in [-0.2, -0.15) is 4.57 Å². The number of aromatic carboxylic acids is 1. The zero-order valence-corrected chi connectivity index (χ0v) is 23.5. The Morgan fingerprint density at radius 2 is 0.902 bits per heavy atom. The maximum Gasteiger partial charge on any atom is 0.335 e. The summed E-state index contributed by atoms with van der Waals surface area (Å²) >= 11 is 0. The maximum atomic E-state index is 11.5. The topological polar surface area (TPSA) is 133 Å². The van der Waals surface area contributed by atoms with Gasteiger partial charge >= 0.3 is 5.97 Å². The molecule has 5 rings (SSSR count). The molecule has 1 heterocycles. The second-order valence-corrected chi connectivity index (χ2v) is 10.4. The van der Waals surface area contributed by atoms with Crippen LogP contribution in [0.4, 0.5) is 0 Å². The lowest BCUT2D eigenvalue weighted by Gasteiger charge is -2.17. The van der Waals surface area contributed by atoms with Crippen molar-refractivity contribution < 1.29 is 43.3 Å². The van der Waals surface area contributed by atoms with Gasteiger partial charge in [-0.05, 0) is 68.3 Å².